The van der Waals surface area contributed by atoms with E-state index in [2.05, 4.69) is 20.1 Å². The van der Waals surface area contributed by atoms with Crippen LogP contribution in [0.15, 0.2) is 73.8 Å². The molecule has 3 saturated heterocycles. The summed E-state index contributed by atoms with van der Waals surface area (Å²) in [6.07, 6.45) is 5.31. The SMILES string of the molecule is C=CCN(Cc1ccccc1)C(=O)[C@@H]1[C@H]2C(=O)N([C@@H](CC)CO)C(C(=O)N(CC=C)c3cc(C)ccc3C)C23CC[C@@]1(C)S3. The van der Waals surface area contributed by atoms with E-state index >= 15 is 0 Å². The Hall–Kier alpha value is -3.36. The molecule has 3 aliphatic rings. The van der Waals surface area contributed by atoms with Crippen LogP contribution < -0.4 is 4.90 Å². The number of fused-ring (bicyclic) bond motifs is 1. The summed E-state index contributed by atoms with van der Waals surface area (Å²) in [6.45, 7) is 16.6. The Morgan fingerprint density at radius 2 is 1.80 bits per heavy atom. The van der Waals surface area contributed by atoms with Gasteiger partial charge in [0.05, 0.1) is 29.2 Å². The minimum atomic E-state index is -0.816. The van der Waals surface area contributed by atoms with Gasteiger partial charge >= 0.3 is 0 Å². The van der Waals surface area contributed by atoms with E-state index in [0.29, 0.717) is 25.9 Å². The molecule has 3 fully saturated rings. The van der Waals surface area contributed by atoms with Crippen LogP contribution in [-0.4, -0.2) is 73.9 Å². The Bertz CT molecular complexity index is 1440. The molecule has 0 aliphatic carbocycles. The highest BCUT2D eigenvalue weighted by atomic mass is 32.2. The fourth-order valence-electron chi connectivity index (χ4n) is 7.81. The second-order valence-electron chi connectivity index (χ2n) is 12.7. The third-order valence-electron chi connectivity index (χ3n) is 9.90. The minimum absolute atomic E-state index is 0.0775. The summed E-state index contributed by atoms with van der Waals surface area (Å²) < 4.78 is -1.28. The molecule has 3 aliphatic heterocycles. The highest BCUT2D eigenvalue weighted by Gasteiger charge is 2.78. The van der Waals surface area contributed by atoms with Gasteiger partial charge in [0.1, 0.15) is 6.04 Å². The lowest BCUT2D eigenvalue weighted by Crippen LogP contribution is -2.57. The predicted octanol–water partition coefficient (Wildman–Crippen LogP) is 5.29. The molecular weight excluding hydrogens is 570 g/mol. The summed E-state index contributed by atoms with van der Waals surface area (Å²) in [5, 5.41) is 10.5. The third-order valence-corrected chi connectivity index (χ3v) is 11.9. The van der Waals surface area contributed by atoms with E-state index in [1.807, 2.05) is 69.3 Å². The molecule has 0 radical (unpaired) electrons. The molecule has 3 heterocycles. The quantitative estimate of drug-likeness (QED) is 0.329. The monoisotopic (exact) mass is 615 g/mol. The molecule has 0 saturated carbocycles. The fraction of sp³-hybridized carbons (Fsp3) is 0.472. The number of hydrogen-bond acceptors (Lipinski definition) is 5. The zero-order valence-corrected chi connectivity index (χ0v) is 27.2. The molecule has 44 heavy (non-hydrogen) atoms. The first kappa shape index (κ1) is 32.0. The number of thioether (sulfide) groups is 1. The van der Waals surface area contributed by atoms with Crippen molar-refractivity contribution in [2.45, 2.75) is 75.1 Å². The van der Waals surface area contributed by atoms with E-state index < -0.39 is 33.4 Å². The summed E-state index contributed by atoms with van der Waals surface area (Å²) in [4.78, 5) is 49.4. The number of nitrogens with zero attached hydrogens (tertiary/aromatic N) is 3. The maximum absolute atomic E-state index is 15.0. The Labute approximate surface area is 266 Å². The van der Waals surface area contributed by atoms with Crippen LogP contribution in [0.3, 0.4) is 0 Å². The Morgan fingerprint density at radius 1 is 1.09 bits per heavy atom. The average molecular weight is 616 g/mol. The van der Waals surface area contributed by atoms with Gasteiger partial charge < -0.3 is 19.8 Å². The average Bonchev–Trinajstić information content (AvgIpc) is 3.58. The van der Waals surface area contributed by atoms with Crippen LogP contribution in [0.2, 0.25) is 0 Å². The second kappa shape index (κ2) is 12.6. The van der Waals surface area contributed by atoms with Gasteiger partial charge in [-0.25, -0.2) is 0 Å². The van der Waals surface area contributed by atoms with Crippen molar-refractivity contribution in [2.75, 3.05) is 24.6 Å². The maximum atomic E-state index is 15.0. The van der Waals surface area contributed by atoms with Gasteiger partial charge in [-0.2, -0.15) is 0 Å². The molecule has 2 aromatic rings. The van der Waals surface area contributed by atoms with Gasteiger partial charge in [0, 0.05) is 30.1 Å². The third kappa shape index (κ3) is 5.20. The van der Waals surface area contributed by atoms with E-state index in [1.54, 1.807) is 38.6 Å². The highest BCUT2D eigenvalue weighted by molar-refractivity contribution is 8.02. The summed E-state index contributed by atoms with van der Waals surface area (Å²) in [6, 6.07) is 14.5. The lowest BCUT2D eigenvalue weighted by molar-refractivity contribution is -0.146. The van der Waals surface area contributed by atoms with Crippen LogP contribution in [0.1, 0.15) is 49.8 Å². The first-order chi connectivity index (χ1) is 21.1. The number of carbonyl (C=O) groups excluding carboxylic acids is 3. The molecule has 3 amide bonds. The number of benzene rings is 2. The number of anilines is 1. The van der Waals surface area contributed by atoms with Crippen molar-refractivity contribution in [1.82, 2.24) is 9.80 Å². The molecule has 7 nitrogen and oxygen atoms in total. The summed E-state index contributed by atoms with van der Waals surface area (Å²) in [5.41, 5.74) is 3.77. The normalized spacial score (nSPS) is 27.6. The van der Waals surface area contributed by atoms with Crippen LogP contribution >= 0.6 is 11.8 Å². The molecule has 1 spiro atoms. The summed E-state index contributed by atoms with van der Waals surface area (Å²) in [5.74, 6) is -1.72. The van der Waals surface area contributed by atoms with E-state index in [-0.39, 0.29) is 30.9 Å². The molecule has 6 atom stereocenters. The van der Waals surface area contributed by atoms with Crippen molar-refractivity contribution in [3.8, 4) is 0 Å². The first-order valence-electron chi connectivity index (χ1n) is 15.6. The summed E-state index contributed by atoms with van der Waals surface area (Å²) >= 11 is 1.66. The number of likely N-dealkylation sites (tertiary alicyclic amines) is 1. The Kier molecular flexibility index (Phi) is 9.15. The number of amides is 3. The van der Waals surface area contributed by atoms with Gasteiger partial charge in [0.15, 0.2) is 0 Å². The van der Waals surface area contributed by atoms with Crippen LogP contribution in [0.25, 0.3) is 0 Å². The molecule has 234 valence electrons. The molecular formula is C36H45N3O4S. The Morgan fingerprint density at radius 3 is 2.43 bits per heavy atom. The van der Waals surface area contributed by atoms with Crippen molar-refractivity contribution in [1.29, 1.82) is 0 Å². The molecule has 8 heteroatoms. The van der Waals surface area contributed by atoms with Gasteiger partial charge in [-0.1, -0.05) is 61.5 Å². The van der Waals surface area contributed by atoms with Crippen molar-refractivity contribution in [3.05, 3.63) is 90.5 Å². The number of aliphatic hydroxyl groups is 1. The van der Waals surface area contributed by atoms with E-state index in [1.165, 1.54) is 0 Å². The minimum Gasteiger partial charge on any atom is -0.394 e. The van der Waals surface area contributed by atoms with Crippen molar-refractivity contribution < 1.29 is 19.5 Å². The van der Waals surface area contributed by atoms with Crippen LogP contribution in [0.5, 0.6) is 0 Å². The number of aryl methyl sites for hydroxylation is 2. The highest BCUT2D eigenvalue weighted by Crippen LogP contribution is 2.72. The molecule has 2 bridgehead atoms. The zero-order valence-electron chi connectivity index (χ0n) is 26.4. The smallest absolute Gasteiger partial charge is 0.251 e. The number of aliphatic hydroxyl groups excluding tert-OH is 1. The van der Waals surface area contributed by atoms with Gasteiger partial charge in [0.2, 0.25) is 11.8 Å². The molecule has 0 aromatic heterocycles. The van der Waals surface area contributed by atoms with E-state index in [4.69, 9.17) is 0 Å². The first-order valence-corrected chi connectivity index (χ1v) is 16.4. The van der Waals surface area contributed by atoms with Crippen molar-refractivity contribution >= 4 is 35.2 Å². The number of carbonyl (C=O) groups is 3. The predicted molar refractivity (Wildman–Crippen MR) is 177 cm³/mol. The molecule has 2 unspecified atom stereocenters. The van der Waals surface area contributed by atoms with Crippen LogP contribution in [-0.2, 0) is 20.9 Å². The topological polar surface area (TPSA) is 81.2 Å². The molecule has 1 N–H and O–H groups in total. The fourth-order valence-corrected chi connectivity index (χ4v) is 10.1. The lowest BCUT2D eigenvalue weighted by Gasteiger charge is -2.39. The standard InChI is InChI=1S/C36H45N3O4S/c1-7-19-37(22-26-13-11-10-12-14-26)32(41)29-30-33(42)39(27(9-3)23-40)31(36(30)18-17-35(29,6)44-36)34(43)38(20-8-2)28-21-24(4)15-16-25(28)5/h7-8,10-16,21,27,29-31,40H,1-2,9,17-20,22-23H2,3-6H3/t27-,29-,30-,31?,35+,36?/m0/s1. The van der Waals surface area contributed by atoms with E-state index in [9.17, 15) is 19.5 Å². The van der Waals surface area contributed by atoms with Crippen molar-refractivity contribution in [3.63, 3.8) is 0 Å². The zero-order chi connectivity index (χ0) is 31.8. The number of hydrogen-bond donors (Lipinski definition) is 1. The largest absolute Gasteiger partial charge is 0.394 e. The van der Waals surface area contributed by atoms with Crippen molar-refractivity contribution in [2.24, 2.45) is 11.8 Å². The lowest BCUT2D eigenvalue weighted by atomic mass is 9.66. The van der Waals surface area contributed by atoms with Gasteiger partial charge in [-0.15, -0.1) is 24.9 Å². The van der Waals surface area contributed by atoms with Crippen LogP contribution in [0, 0.1) is 25.7 Å². The van der Waals surface area contributed by atoms with Gasteiger partial charge in [0.25, 0.3) is 5.91 Å². The van der Waals surface area contributed by atoms with Gasteiger partial charge in [-0.3, -0.25) is 14.4 Å². The Balaban J connectivity index is 1.60. The van der Waals surface area contributed by atoms with Gasteiger partial charge in [-0.05, 0) is 62.8 Å². The van der Waals surface area contributed by atoms with Crippen LogP contribution in [0.4, 0.5) is 5.69 Å². The summed E-state index contributed by atoms with van der Waals surface area (Å²) in [7, 11) is 0. The molecule has 2 aromatic carbocycles. The second-order valence-corrected chi connectivity index (χ2v) is 14.6. The maximum Gasteiger partial charge on any atom is 0.251 e. The molecule has 5 rings (SSSR count). The van der Waals surface area contributed by atoms with E-state index in [0.717, 1.165) is 28.8 Å². The number of rotatable bonds is 12.